The maximum Gasteiger partial charge on any atom is 0.0689 e. The van der Waals surface area contributed by atoms with Gasteiger partial charge < -0.3 is 10.6 Å². The Morgan fingerprint density at radius 2 is 1.58 bits per heavy atom. The Kier molecular flexibility index (Phi) is 2.95. The van der Waals surface area contributed by atoms with Crippen LogP contribution in [-0.4, -0.2) is 19.8 Å². The Morgan fingerprint density at radius 1 is 0.895 bits per heavy atom. The van der Waals surface area contributed by atoms with Crippen LogP contribution in [0, 0.1) is 0 Å². The van der Waals surface area contributed by atoms with Gasteiger partial charge in [0, 0.05) is 31.9 Å². The molecule has 1 aliphatic heterocycles. The standard InChI is InChI=1S/C16H17N3/c1-17-13-6-3-11(4-7-13)15-9-12-5-8-14(18-2)10-16(12)19-15/h3-8,10,17-18H,9H2,1-2H3. The molecule has 0 fully saturated rings. The molecule has 2 aromatic carbocycles. The second-order valence-electron chi connectivity index (χ2n) is 4.66. The SMILES string of the molecule is CNc1ccc(C2=Nc3cc(NC)ccc3C2)cc1. The summed E-state index contributed by atoms with van der Waals surface area (Å²) in [6.07, 6.45) is 0.915. The second kappa shape index (κ2) is 4.76. The fraction of sp³-hybridized carbons (Fsp3) is 0.188. The van der Waals surface area contributed by atoms with Crippen LogP contribution in [0.4, 0.5) is 17.1 Å². The Labute approximate surface area is 113 Å². The van der Waals surface area contributed by atoms with Gasteiger partial charge in [-0.3, -0.25) is 4.99 Å². The van der Waals surface area contributed by atoms with E-state index in [2.05, 4.69) is 53.1 Å². The molecule has 0 saturated carbocycles. The summed E-state index contributed by atoms with van der Waals surface area (Å²) >= 11 is 0. The second-order valence-corrected chi connectivity index (χ2v) is 4.66. The lowest BCUT2D eigenvalue weighted by Crippen LogP contribution is -2.00. The molecule has 0 unspecified atom stereocenters. The zero-order chi connectivity index (χ0) is 13.2. The van der Waals surface area contributed by atoms with Gasteiger partial charge in [0.15, 0.2) is 0 Å². The Bertz CT molecular complexity index is 627. The first-order valence-electron chi connectivity index (χ1n) is 6.46. The van der Waals surface area contributed by atoms with Gasteiger partial charge in [0.05, 0.1) is 11.4 Å². The first-order chi connectivity index (χ1) is 9.30. The van der Waals surface area contributed by atoms with Crippen molar-refractivity contribution in [3.8, 4) is 0 Å². The minimum Gasteiger partial charge on any atom is -0.388 e. The van der Waals surface area contributed by atoms with E-state index in [0.29, 0.717) is 0 Å². The van der Waals surface area contributed by atoms with Gasteiger partial charge in [0.1, 0.15) is 0 Å². The van der Waals surface area contributed by atoms with Crippen LogP contribution in [0.5, 0.6) is 0 Å². The average molecular weight is 251 g/mol. The topological polar surface area (TPSA) is 36.4 Å². The van der Waals surface area contributed by atoms with Crippen LogP contribution in [0.3, 0.4) is 0 Å². The predicted molar refractivity (Wildman–Crippen MR) is 81.9 cm³/mol. The molecule has 0 radical (unpaired) electrons. The minimum absolute atomic E-state index is 0.915. The number of hydrogen-bond acceptors (Lipinski definition) is 3. The Balaban J connectivity index is 1.91. The highest BCUT2D eigenvalue weighted by molar-refractivity contribution is 6.06. The summed E-state index contributed by atoms with van der Waals surface area (Å²) in [5.74, 6) is 0. The van der Waals surface area contributed by atoms with Gasteiger partial charge in [-0.25, -0.2) is 0 Å². The van der Waals surface area contributed by atoms with Gasteiger partial charge in [-0.15, -0.1) is 0 Å². The van der Waals surface area contributed by atoms with E-state index in [-0.39, 0.29) is 0 Å². The van der Waals surface area contributed by atoms with Gasteiger partial charge in [-0.2, -0.15) is 0 Å². The molecule has 0 bridgehead atoms. The monoisotopic (exact) mass is 251 g/mol. The van der Waals surface area contributed by atoms with Gasteiger partial charge in [-0.1, -0.05) is 18.2 Å². The maximum atomic E-state index is 4.74. The summed E-state index contributed by atoms with van der Waals surface area (Å²) in [4.78, 5) is 4.74. The average Bonchev–Trinajstić information content (AvgIpc) is 2.90. The van der Waals surface area contributed by atoms with Crippen molar-refractivity contribution in [2.45, 2.75) is 6.42 Å². The first-order valence-corrected chi connectivity index (χ1v) is 6.46. The summed E-state index contributed by atoms with van der Waals surface area (Å²) in [5.41, 5.74) is 6.95. The molecule has 0 aromatic heterocycles. The summed E-state index contributed by atoms with van der Waals surface area (Å²) in [5, 5.41) is 6.28. The molecule has 0 amide bonds. The highest BCUT2D eigenvalue weighted by Crippen LogP contribution is 2.31. The zero-order valence-corrected chi connectivity index (χ0v) is 11.2. The number of hydrogen-bond donors (Lipinski definition) is 2. The third kappa shape index (κ3) is 2.19. The fourth-order valence-corrected chi connectivity index (χ4v) is 2.33. The lowest BCUT2D eigenvalue weighted by Gasteiger charge is -2.03. The van der Waals surface area contributed by atoms with Crippen LogP contribution >= 0.6 is 0 Å². The van der Waals surface area contributed by atoms with E-state index in [1.165, 1.54) is 11.1 Å². The van der Waals surface area contributed by atoms with Crippen LogP contribution < -0.4 is 10.6 Å². The van der Waals surface area contributed by atoms with E-state index in [1.54, 1.807) is 0 Å². The lowest BCUT2D eigenvalue weighted by atomic mass is 10.0. The highest BCUT2D eigenvalue weighted by Gasteiger charge is 2.16. The first kappa shape index (κ1) is 11.8. The number of nitrogens with one attached hydrogen (secondary N) is 2. The molecule has 2 N–H and O–H groups in total. The van der Waals surface area contributed by atoms with Gasteiger partial charge in [0.2, 0.25) is 0 Å². The smallest absolute Gasteiger partial charge is 0.0689 e. The summed E-state index contributed by atoms with van der Waals surface area (Å²) < 4.78 is 0. The minimum atomic E-state index is 0.915. The number of rotatable bonds is 3. The number of fused-ring (bicyclic) bond motifs is 1. The Hall–Kier alpha value is -2.29. The largest absolute Gasteiger partial charge is 0.388 e. The van der Waals surface area contributed by atoms with Gasteiger partial charge in [0.25, 0.3) is 0 Å². The predicted octanol–water partition coefficient (Wildman–Crippen LogP) is 3.45. The van der Waals surface area contributed by atoms with Crippen molar-refractivity contribution in [1.82, 2.24) is 0 Å². The zero-order valence-electron chi connectivity index (χ0n) is 11.2. The number of benzene rings is 2. The van der Waals surface area contributed by atoms with E-state index in [0.717, 1.165) is 29.2 Å². The molecule has 19 heavy (non-hydrogen) atoms. The van der Waals surface area contributed by atoms with Crippen LogP contribution in [-0.2, 0) is 6.42 Å². The fourth-order valence-electron chi connectivity index (χ4n) is 2.33. The van der Waals surface area contributed by atoms with Crippen molar-refractivity contribution in [2.75, 3.05) is 24.7 Å². The third-order valence-electron chi connectivity index (χ3n) is 3.49. The molecule has 1 heterocycles. The molecule has 1 aliphatic rings. The molecular formula is C16H17N3. The molecule has 96 valence electrons. The van der Waals surface area contributed by atoms with Crippen LogP contribution in [0.25, 0.3) is 0 Å². The van der Waals surface area contributed by atoms with Crippen molar-refractivity contribution in [2.24, 2.45) is 4.99 Å². The third-order valence-corrected chi connectivity index (χ3v) is 3.49. The molecule has 0 aliphatic carbocycles. The molecule has 3 rings (SSSR count). The van der Waals surface area contributed by atoms with Gasteiger partial charge in [-0.05, 0) is 35.4 Å². The van der Waals surface area contributed by atoms with Crippen molar-refractivity contribution >= 4 is 22.8 Å². The van der Waals surface area contributed by atoms with Crippen molar-refractivity contribution < 1.29 is 0 Å². The Morgan fingerprint density at radius 3 is 2.26 bits per heavy atom. The van der Waals surface area contributed by atoms with E-state index in [1.807, 2.05) is 14.1 Å². The molecule has 0 atom stereocenters. The highest BCUT2D eigenvalue weighted by atomic mass is 14.8. The van der Waals surface area contributed by atoms with Crippen molar-refractivity contribution in [3.63, 3.8) is 0 Å². The quantitative estimate of drug-likeness (QED) is 0.876. The normalized spacial score (nSPS) is 12.8. The summed E-state index contributed by atoms with van der Waals surface area (Å²) in [6, 6.07) is 14.8. The van der Waals surface area contributed by atoms with E-state index < -0.39 is 0 Å². The molecule has 0 spiro atoms. The van der Waals surface area contributed by atoms with Crippen LogP contribution in [0.1, 0.15) is 11.1 Å². The lowest BCUT2D eigenvalue weighted by molar-refractivity contribution is 1.38. The molecule has 3 nitrogen and oxygen atoms in total. The summed E-state index contributed by atoms with van der Waals surface area (Å²) in [7, 11) is 3.86. The molecular weight excluding hydrogens is 234 g/mol. The van der Waals surface area contributed by atoms with Crippen LogP contribution in [0.2, 0.25) is 0 Å². The maximum absolute atomic E-state index is 4.74. The molecule has 3 heteroatoms. The van der Waals surface area contributed by atoms with Crippen LogP contribution in [0.15, 0.2) is 47.5 Å². The van der Waals surface area contributed by atoms with E-state index in [4.69, 9.17) is 4.99 Å². The van der Waals surface area contributed by atoms with Crippen molar-refractivity contribution in [1.29, 1.82) is 0 Å². The molecule has 0 saturated heterocycles. The molecule has 2 aromatic rings. The van der Waals surface area contributed by atoms with E-state index in [9.17, 15) is 0 Å². The van der Waals surface area contributed by atoms with Gasteiger partial charge >= 0.3 is 0 Å². The number of anilines is 2. The van der Waals surface area contributed by atoms with Crippen molar-refractivity contribution in [3.05, 3.63) is 53.6 Å². The summed E-state index contributed by atoms with van der Waals surface area (Å²) in [6.45, 7) is 0. The van der Waals surface area contributed by atoms with E-state index >= 15 is 0 Å². The number of aliphatic imine (C=N–C) groups is 1. The number of nitrogens with zero attached hydrogens (tertiary/aromatic N) is 1.